The van der Waals surface area contributed by atoms with E-state index >= 15 is 0 Å². The molecule has 8 atom stereocenters. The summed E-state index contributed by atoms with van der Waals surface area (Å²) in [4.78, 5) is 37.1. The highest BCUT2D eigenvalue weighted by Gasteiger charge is 2.68. The van der Waals surface area contributed by atoms with Crippen LogP contribution in [0.25, 0.3) is 0 Å². The fourth-order valence-corrected chi connectivity index (χ4v) is 8.82. The molecule has 0 radical (unpaired) electrons. The molecule has 34 heavy (non-hydrogen) atoms. The van der Waals surface area contributed by atoms with Gasteiger partial charge >= 0.3 is 11.9 Å². The third kappa shape index (κ3) is 2.87. The summed E-state index contributed by atoms with van der Waals surface area (Å²) in [5, 5.41) is 10.4. The summed E-state index contributed by atoms with van der Waals surface area (Å²) >= 11 is 0. The molecule has 0 aromatic heterocycles. The van der Waals surface area contributed by atoms with Crippen LogP contribution in [-0.4, -0.2) is 35.2 Å². The molecule has 0 bridgehead atoms. The van der Waals surface area contributed by atoms with Crippen molar-refractivity contribution < 1.29 is 29.0 Å². The van der Waals surface area contributed by atoms with E-state index in [9.17, 15) is 19.5 Å². The molecule has 1 heterocycles. The Balaban J connectivity index is 1.62. The molecule has 1 unspecified atom stereocenters. The van der Waals surface area contributed by atoms with Gasteiger partial charge in [0.25, 0.3) is 0 Å². The van der Waals surface area contributed by atoms with Gasteiger partial charge in [-0.2, -0.15) is 0 Å². The monoisotopic (exact) mass is 468 g/mol. The SMILES string of the molecule is CC(=O)O[C@@H]1C[C@H]2C(C)(C)C(=O)C=C[C@]2(C)[C@H]2CC[C@]3(C)C(=CC[C@H]3C3=CC(=O)OC3O)[C@@]21C. The average molecular weight is 469 g/mol. The summed E-state index contributed by atoms with van der Waals surface area (Å²) in [6.45, 7) is 12.2. The van der Waals surface area contributed by atoms with E-state index in [1.54, 1.807) is 6.08 Å². The fraction of sp³-hybridized carbons (Fsp3) is 0.679. The van der Waals surface area contributed by atoms with Crippen LogP contribution in [0.4, 0.5) is 0 Å². The van der Waals surface area contributed by atoms with Gasteiger partial charge in [0.1, 0.15) is 6.10 Å². The first kappa shape index (κ1) is 23.5. The Labute approximate surface area is 201 Å². The number of allylic oxidation sites excluding steroid dienone is 3. The molecule has 0 saturated heterocycles. The minimum absolute atomic E-state index is 0.0369. The van der Waals surface area contributed by atoms with Gasteiger partial charge in [-0.25, -0.2) is 4.79 Å². The van der Waals surface area contributed by atoms with Crippen LogP contribution in [0.5, 0.6) is 0 Å². The normalized spacial score (nSPS) is 46.6. The van der Waals surface area contributed by atoms with Crippen molar-refractivity contribution in [1.29, 1.82) is 0 Å². The highest BCUT2D eigenvalue weighted by molar-refractivity contribution is 5.95. The first-order valence-corrected chi connectivity index (χ1v) is 12.5. The van der Waals surface area contributed by atoms with Crippen LogP contribution in [0.2, 0.25) is 0 Å². The van der Waals surface area contributed by atoms with Crippen molar-refractivity contribution in [3.8, 4) is 0 Å². The average Bonchev–Trinajstić information content (AvgIpc) is 3.25. The summed E-state index contributed by atoms with van der Waals surface area (Å²) in [7, 11) is 0. The molecule has 6 heteroatoms. The molecule has 1 N–H and O–H groups in total. The number of esters is 2. The molecule has 5 aliphatic rings. The number of rotatable bonds is 2. The van der Waals surface area contributed by atoms with Gasteiger partial charge in [-0.1, -0.05) is 52.3 Å². The van der Waals surface area contributed by atoms with Crippen LogP contribution >= 0.6 is 0 Å². The number of carbonyl (C=O) groups excluding carboxylic acids is 3. The number of cyclic esters (lactones) is 1. The van der Waals surface area contributed by atoms with Crippen LogP contribution in [0.15, 0.2) is 35.5 Å². The molecule has 1 aliphatic heterocycles. The number of aliphatic hydroxyl groups excluding tert-OH is 1. The van der Waals surface area contributed by atoms with Gasteiger partial charge < -0.3 is 14.6 Å². The van der Waals surface area contributed by atoms with E-state index in [1.165, 1.54) is 18.6 Å². The van der Waals surface area contributed by atoms with E-state index in [2.05, 4.69) is 32.9 Å². The molecule has 184 valence electrons. The summed E-state index contributed by atoms with van der Waals surface area (Å²) < 4.78 is 11.1. The molecule has 6 nitrogen and oxygen atoms in total. The van der Waals surface area contributed by atoms with Crippen LogP contribution in [0, 0.1) is 39.4 Å². The van der Waals surface area contributed by atoms with Crippen molar-refractivity contribution in [1.82, 2.24) is 0 Å². The molecule has 0 amide bonds. The van der Waals surface area contributed by atoms with E-state index in [1.807, 2.05) is 13.8 Å². The molecule has 5 rings (SSSR count). The van der Waals surface area contributed by atoms with Gasteiger partial charge in [0.05, 0.1) is 0 Å². The standard InChI is InChI=1S/C28H36O6/c1-15(29)33-22-14-20-25(2,3)21(30)10-12-27(20,5)19-9-11-26(4)17(7-8-18(26)28(19,22)6)16-13-23(31)34-24(16)32/h8,10,12-13,17,19-20,22,24,32H,7,9,11,14H2,1-6H3/t17-,19+,20-,22+,24?,26-,27+,28-/m0/s1. The van der Waals surface area contributed by atoms with Crippen molar-refractivity contribution in [3.05, 3.63) is 35.5 Å². The smallest absolute Gasteiger partial charge is 0.333 e. The van der Waals surface area contributed by atoms with Gasteiger partial charge in [-0.3, -0.25) is 9.59 Å². The second-order valence-corrected chi connectivity index (χ2v) is 12.3. The van der Waals surface area contributed by atoms with Crippen molar-refractivity contribution in [2.75, 3.05) is 0 Å². The fourth-order valence-electron chi connectivity index (χ4n) is 8.82. The largest absolute Gasteiger partial charge is 0.462 e. The highest BCUT2D eigenvalue weighted by atomic mass is 16.6. The molecular formula is C28H36O6. The Bertz CT molecular complexity index is 1060. The number of carbonyl (C=O) groups is 3. The van der Waals surface area contributed by atoms with Gasteiger partial charge in [-0.05, 0) is 60.3 Å². The molecule has 0 spiro atoms. The maximum atomic E-state index is 12.9. The van der Waals surface area contributed by atoms with Crippen molar-refractivity contribution in [3.63, 3.8) is 0 Å². The quantitative estimate of drug-likeness (QED) is 0.481. The summed E-state index contributed by atoms with van der Waals surface area (Å²) in [6, 6.07) is 0. The first-order valence-electron chi connectivity index (χ1n) is 12.5. The molecule has 4 aliphatic carbocycles. The number of fused-ring (bicyclic) bond motifs is 5. The Morgan fingerprint density at radius 1 is 1.15 bits per heavy atom. The van der Waals surface area contributed by atoms with E-state index in [-0.39, 0.29) is 46.4 Å². The van der Waals surface area contributed by atoms with E-state index in [4.69, 9.17) is 9.47 Å². The number of hydrogen-bond acceptors (Lipinski definition) is 6. The maximum Gasteiger partial charge on any atom is 0.333 e. The van der Waals surface area contributed by atoms with Crippen molar-refractivity contribution in [2.24, 2.45) is 39.4 Å². The van der Waals surface area contributed by atoms with Gasteiger partial charge in [0.15, 0.2) is 5.78 Å². The third-order valence-corrected chi connectivity index (χ3v) is 10.4. The summed E-state index contributed by atoms with van der Waals surface area (Å²) in [6.07, 6.45) is 9.18. The number of ether oxygens (including phenoxy) is 2. The van der Waals surface area contributed by atoms with E-state index in [0.717, 1.165) is 12.8 Å². The van der Waals surface area contributed by atoms with Crippen molar-refractivity contribution in [2.45, 2.75) is 79.6 Å². The number of hydrogen-bond donors (Lipinski definition) is 1. The highest BCUT2D eigenvalue weighted by Crippen LogP contribution is 2.72. The predicted octanol–water partition coefficient (Wildman–Crippen LogP) is 4.28. The minimum Gasteiger partial charge on any atom is -0.462 e. The zero-order valence-electron chi connectivity index (χ0n) is 21.0. The third-order valence-electron chi connectivity index (χ3n) is 10.4. The minimum atomic E-state index is -1.20. The zero-order chi connectivity index (χ0) is 24.8. The predicted molar refractivity (Wildman–Crippen MR) is 125 cm³/mol. The Morgan fingerprint density at radius 2 is 1.85 bits per heavy atom. The summed E-state index contributed by atoms with van der Waals surface area (Å²) in [5.41, 5.74) is 0.449. The lowest BCUT2D eigenvalue weighted by atomic mass is 9.38. The van der Waals surface area contributed by atoms with E-state index < -0.39 is 23.1 Å². The molecule has 2 saturated carbocycles. The Kier molecular flexibility index (Phi) is 4.95. The molecule has 0 aromatic rings. The first-order chi connectivity index (χ1) is 15.8. The molecule has 2 fully saturated rings. The Morgan fingerprint density at radius 3 is 2.47 bits per heavy atom. The number of ketones is 1. The molecular weight excluding hydrogens is 432 g/mol. The van der Waals surface area contributed by atoms with Gasteiger partial charge in [0.2, 0.25) is 6.29 Å². The lowest BCUT2D eigenvalue weighted by Crippen LogP contribution is -2.64. The lowest BCUT2D eigenvalue weighted by Gasteiger charge is -2.66. The topological polar surface area (TPSA) is 89.9 Å². The maximum absolute atomic E-state index is 12.9. The van der Waals surface area contributed by atoms with Crippen LogP contribution in [0.3, 0.4) is 0 Å². The van der Waals surface area contributed by atoms with Gasteiger partial charge in [0, 0.05) is 29.4 Å². The molecule has 0 aromatic carbocycles. The van der Waals surface area contributed by atoms with Crippen LogP contribution < -0.4 is 0 Å². The summed E-state index contributed by atoms with van der Waals surface area (Å²) in [5.74, 6) is -0.459. The number of aliphatic hydroxyl groups is 1. The lowest BCUT2D eigenvalue weighted by molar-refractivity contribution is -0.187. The van der Waals surface area contributed by atoms with Crippen LogP contribution in [-0.2, 0) is 23.9 Å². The van der Waals surface area contributed by atoms with Crippen LogP contribution in [0.1, 0.15) is 67.2 Å². The van der Waals surface area contributed by atoms with E-state index in [0.29, 0.717) is 18.4 Å². The van der Waals surface area contributed by atoms with Gasteiger partial charge in [-0.15, -0.1) is 0 Å². The van der Waals surface area contributed by atoms with Crippen molar-refractivity contribution >= 4 is 17.7 Å². The second-order valence-electron chi connectivity index (χ2n) is 12.3. The Hall–Kier alpha value is -2.21. The zero-order valence-corrected chi connectivity index (χ0v) is 21.0. The second kappa shape index (κ2) is 7.16.